The van der Waals surface area contributed by atoms with Crippen molar-refractivity contribution in [3.8, 4) is 0 Å². The second kappa shape index (κ2) is 8.68. The Morgan fingerprint density at radius 3 is 2.04 bits per heavy atom. The molecule has 6 heteroatoms. The van der Waals surface area contributed by atoms with Gasteiger partial charge in [0.05, 0.1) is 19.3 Å². The van der Waals surface area contributed by atoms with Gasteiger partial charge in [-0.2, -0.15) is 0 Å². The molecular formula is C21H21IO5. The molecule has 0 radical (unpaired) electrons. The van der Waals surface area contributed by atoms with E-state index in [9.17, 15) is 4.79 Å². The first kappa shape index (κ1) is 18.9. The number of carbonyl (C=O) groups excluding carboxylic acids is 1. The summed E-state index contributed by atoms with van der Waals surface area (Å²) in [7, 11) is 0. The summed E-state index contributed by atoms with van der Waals surface area (Å²) in [6.07, 6.45) is -1.99. The average Bonchev–Trinajstić information content (AvgIpc) is 3.20. The van der Waals surface area contributed by atoms with Crippen molar-refractivity contribution >= 4 is 28.6 Å². The second-order valence-corrected chi connectivity index (χ2v) is 7.55. The number of hydrogen-bond donors (Lipinski definition) is 0. The lowest BCUT2D eigenvalue weighted by Crippen LogP contribution is -2.36. The third-order valence-electron chi connectivity index (χ3n) is 4.84. The monoisotopic (exact) mass is 480 g/mol. The van der Waals surface area contributed by atoms with Gasteiger partial charge in [-0.15, -0.1) is 0 Å². The molecule has 2 heterocycles. The summed E-state index contributed by atoms with van der Waals surface area (Å²) in [6.45, 7) is 0.802. The quantitative estimate of drug-likeness (QED) is 0.346. The zero-order valence-electron chi connectivity index (χ0n) is 14.7. The molecule has 0 amide bonds. The van der Waals surface area contributed by atoms with E-state index in [-0.39, 0.29) is 18.2 Å². The molecule has 2 aliphatic rings. The van der Waals surface area contributed by atoms with Crippen LogP contribution < -0.4 is 0 Å². The van der Waals surface area contributed by atoms with Crippen LogP contribution in [0.1, 0.15) is 11.1 Å². The molecule has 2 aliphatic heterocycles. The van der Waals surface area contributed by atoms with Crippen molar-refractivity contribution in [3.05, 3.63) is 71.8 Å². The molecule has 2 aromatic rings. The first-order valence-electron chi connectivity index (χ1n) is 8.99. The van der Waals surface area contributed by atoms with Crippen molar-refractivity contribution in [3.63, 3.8) is 0 Å². The highest BCUT2D eigenvalue weighted by Crippen LogP contribution is 2.36. The summed E-state index contributed by atoms with van der Waals surface area (Å²) in [5, 5.41) is 0. The molecule has 2 fully saturated rings. The average molecular weight is 480 g/mol. The molecule has 5 nitrogen and oxygen atoms in total. The molecule has 4 rings (SSSR count). The number of carbonyl (C=O) groups is 1. The summed E-state index contributed by atoms with van der Waals surface area (Å²) in [6, 6.07) is 19.7. The lowest BCUT2D eigenvalue weighted by molar-refractivity contribution is -0.159. The number of halogens is 1. The van der Waals surface area contributed by atoms with E-state index >= 15 is 0 Å². The molecule has 0 spiro atoms. The highest BCUT2D eigenvalue weighted by atomic mass is 127. The number of rotatable bonds is 7. The van der Waals surface area contributed by atoms with E-state index in [1.165, 1.54) is 0 Å². The van der Waals surface area contributed by atoms with Gasteiger partial charge in [0.25, 0.3) is 0 Å². The van der Waals surface area contributed by atoms with Crippen LogP contribution in [0, 0.1) is 0 Å². The van der Waals surface area contributed by atoms with Gasteiger partial charge in [-0.3, -0.25) is 0 Å². The van der Waals surface area contributed by atoms with Gasteiger partial charge in [-0.25, -0.2) is 4.79 Å². The predicted octanol–water partition coefficient (Wildman–Crippen LogP) is 3.29. The SMILES string of the molecule is O=C1O[C@H]2[C@@H](OCc3ccccc3)[C@@H](CI)O[C@H]2[C@H]1OCc1ccccc1. The molecule has 142 valence electrons. The highest BCUT2D eigenvalue weighted by Gasteiger charge is 2.58. The summed E-state index contributed by atoms with van der Waals surface area (Å²) >= 11 is 2.28. The Morgan fingerprint density at radius 2 is 1.44 bits per heavy atom. The maximum absolute atomic E-state index is 12.3. The Kier molecular flexibility index (Phi) is 6.07. The van der Waals surface area contributed by atoms with Crippen LogP contribution in [0.25, 0.3) is 0 Å². The maximum atomic E-state index is 12.3. The Hall–Kier alpha value is -1.48. The first-order chi connectivity index (χ1) is 13.3. The Balaban J connectivity index is 1.41. The summed E-state index contributed by atoms with van der Waals surface area (Å²) in [5.74, 6) is -0.374. The van der Waals surface area contributed by atoms with Gasteiger partial charge in [-0.05, 0) is 11.1 Å². The lowest BCUT2D eigenvalue weighted by atomic mass is 10.1. The zero-order valence-corrected chi connectivity index (χ0v) is 16.9. The van der Waals surface area contributed by atoms with Crippen LogP contribution in [0.3, 0.4) is 0 Å². The fraction of sp³-hybridized carbons (Fsp3) is 0.381. The van der Waals surface area contributed by atoms with E-state index in [1.54, 1.807) is 0 Å². The third kappa shape index (κ3) is 4.18. The summed E-state index contributed by atoms with van der Waals surface area (Å²) < 4.78 is 24.4. The van der Waals surface area contributed by atoms with Crippen molar-refractivity contribution in [1.29, 1.82) is 0 Å². The predicted molar refractivity (Wildman–Crippen MR) is 107 cm³/mol. The largest absolute Gasteiger partial charge is 0.455 e. The molecule has 0 aromatic heterocycles. The first-order valence-corrected chi connectivity index (χ1v) is 10.5. The number of alkyl halides is 1. The standard InChI is InChI=1S/C21H21IO5/c22-11-16-17(24-12-14-7-3-1-4-8-14)18-19(26-16)20(21(23)27-18)25-13-15-9-5-2-6-10-15/h1-10,16-20H,11-13H2/t16-,17+,18+,19-,20-/m1/s1. The van der Waals surface area contributed by atoms with Crippen LogP contribution in [-0.2, 0) is 37.0 Å². The van der Waals surface area contributed by atoms with Gasteiger partial charge in [0.1, 0.15) is 12.2 Å². The number of benzene rings is 2. The molecule has 27 heavy (non-hydrogen) atoms. The lowest BCUT2D eigenvalue weighted by Gasteiger charge is -2.21. The Morgan fingerprint density at radius 1 is 0.852 bits per heavy atom. The van der Waals surface area contributed by atoms with Crippen molar-refractivity contribution in [2.75, 3.05) is 4.43 Å². The Bertz CT molecular complexity index is 754. The summed E-state index contributed by atoms with van der Waals surface area (Å²) in [4.78, 5) is 12.3. The van der Waals surface area contributed by atoms with Crippen molar-refractivity contribution in [1.82, 2.24) is 0 Å². The van der Waals surface area contributed by atoms with Crippen molar-refractivity contribution in [2.24, 2.45) is 0 Å². The molecule has 0 saturated carbocycles. The maximum Gasteiger partial charge on any atom is 0.338 e. The molecule has 0 aliphatic carbocycles. The van der Waals surface area contributed by atoms with Gasteiger partial charge in [0.2, 0.25) is 0 Å². The van der Waals surface area contributed by atoms with Gasteiger partial charge in [-0.1, -0.05) is 83.3 Å². The zero-order chi connectivity index (χ0) is 18.6. The van der Waals surface area contributed by atoms with E-state index in [2.05, 4.69) is 22.6 Å². The fourth-order valence-electron chi connectivity index (χ4n) is 3.48. The minimum Gasteiger partial charge on any atom is -0.455 e. The van der Waals surface area contributed by atoms with Crippen LogP contribution in [0.5, 0.6) is 0 Å². The van der Waals surface area contributed by atoms with E-state index in [0.717, 1.165) is 15.6 Å². The van der Waals surface area contributed by atoms with Crippen molar-refractivity contribution in [2.45, 2.75) is 43.7 Å². The minimum atomic E-state index is -0.717. The van der Waals surface area contributed by atoms with Crippen LogP contribution in [0.2, 0.25) is 0 Å². The second-order valence-electron chi connectivity index (χ2n) is 6.67. The third-order valence-corrected chi connectivity index (χ3v) is 5.71. The minimum absolute atomic E-state index is 0.125. The van der Waals surface area contributed by atoms with Crippen LogP contribution in [-0.4, -0.2) is 40.9 Å². The van der Waals surface area contributed by atoms with Gasteiger partial charge < -0.3 is 18.9 Å². The topological polar surface area (TPSA) is 54.0 Å². The van der Waals surface area contributed by atoms with Gasteiger partial charge in [0, 0.05) is 4.43 Å². The van der Waals surface area contributed by atoms with Crippen LogP contribution in [0.4, 0.5) is 0 Å². The molecule has 2 aromatic carbocycles. The van der Waals surface area contributed by atoms with Gasteiger partial charge in [0.15, 0.2) is 12.2 Å². The van der Waals surface area contributed by atoms with Crippen molar-refractivity contribution < 1.29 is 23.7 Å². The van der Waals surface area contributed by atoms with Crippen LogP contribution >= 0.6 is 22.6 Å². The fourth-order valence-corrected chi connectivity index (χ4v) is 4.19. The number of fused-ring (bicyclic) bond motifs is 1. The van der Waals surface area contributed by atoms with Gasteiger partial charge >= 0.3 is 5.97 Å². The molecule has 0 N–H and O–H groups in total. The van der Waals surface area contributed by atoms with E-state index in [1.807, 2.05) is 60.7 Å². The number of ether oxygens (including phenoxy) is 4. The van der Waals surface area contributed by atoms with E-state index < -0.39 is 18.3 Å². The number of esters is 1. The smallest absolute Gasteiger partial charge is 0.338 e. The van der Waals surface area contributed by atoms with E-state index in [4.69, 9.17) is 18.9 Å². The Labute approximate surface area is 172 Å². The molecule has 0 unspecified atom stereocenters. The highest BCUT2D eigenvalue weighted by molar-refractivity contribution is 14.1. The normalized spacial score (nSPS) is 29.5. The van der Waals surface area contributed by atoms with E-state index in [0.29, 0.717) is 13.2 Å². The number of hydrogen-bond acceptors (Lipinski definition) is 5. The van der Waals surface area contributed by atoms with Crippen LogP contribution in [0.15, 0.2) is 60.7 Å². The molecule has 0 bridgehead atoms. The summed E-state index contributed by atoms with van der Waals surface area (Å²) in [5.41, 5.74) is 2.09. The molecule has 2 saturated heterocycles. The molecular weight excluding hydrogens is 459 g/mol. The molecule has 5 atom stereocenters.